The van der Waals surface area contributed by atoms with Gasteiger partial charge in [-0.3, -0.25) is 15.1 Å². The summed E-state index contributed by atoms with van der Waals surface area (Å²) in [6.45, 7) is 6.38. The Labute approximate surface area is 126 Å². The van der Waals surface area contributed by atoms with E-state index < -0.39 is 5.97 Å². The molecule has 0 radical (unpaired) electrons. The fourth-order valence-electron chi connectivity index (χ4n) is 2.00. The van der Waals surface area contributed by atoms with Gasteiger partial charge in [0.15, 0.2) is 5.78 Å². The first kappa shape index (κ1) is 17.4. The molecule has 21 heavy (non-hydrogen) atoms. The molecule has 1 N–H and O–H groups in total. The molecule has 5 nitrogen and oxygen atoms in total. The molecule has 5 heteroatoms. The number of allylic oxidation sites excluding steroid dienone is 3. The lowest BCUT2D eigenvalue weighted by molar-refractivity contribution is -0.138. The smallest absolute Gasteiger partial charge is 0.349 e. The number of carbonyl (C=O) groups is 2. The second-order valence-electron chi connectivity index (χ2n) is 4.96. The largest absolute Gasteiger partial charge is 0.427 e. The van der Waals surface area contributed by atoms with Crippen LogP contribution in [0.4, 0.5) is 0 Å². The predicted octanol–water partition coefficient (Wildman–Crippen LogP) is 3.17. The van der Waals surface area contributed by atoms with Gasteiger partial charge in [0.1, 0.15) is 11.3 Å². The molecule has 0 spiro atoms. The highest BCUT2D eigenvalue weighted by Gasteiger charge is 2.29. The van der Waals surface area contributed by atoms with Gasteiger partial charge < -0.3 is 4.74 Å². The molecule has 0 saturated carbocycles. The summed E-state index contributed by atoms with van der Waals surface area (Å²) in [5.74, 6) is -0.413. The summed E-state index contributed by atoms with van der Waals surface area (Å²) in [6.07, 6.45) is 6.34. The van der Waals surface area contributed by atoms with Gasteiger partial charge in [0, 0.05) is 12.5 Å². The molecule has 0 amide bonds. The Hall–Kier alpha value is -1.62. The molecule has 0 aliphatic carbocycles. The predicted molar refractivity (Wildman–Crippen MR) is 80.0 cm³/mol. The zero-order valence-corrected chi connectivity index (χ0v) is 13.2. The molecule has 0 fully saturated rings. The number of cyclic esters (lactones) is 1. The van der Waals surface area contributed by atoms with E-state index >= 15 is 0 Å². The Morgan fingerprint density at radius 2 is 1.90 bits per heavy atom. The maximum atomic E-state index is 12.2. The fraction of sp³-hybridized carbons (Fsp3) is 0.625. The third kappa shape index (κ3) is 5.34. The molecule has 0 unspecified atom stereocenters. The second kappa shape index (κ2) is 9.34. The Balaban J connectivity index is 2.95. The zero-order valence-electron chi connectivity index (χ0n) is 13.2. The number of hydroxylamine groups is 1. The highest BCUT2D eigenvalue weighted by Crippen LogP contribution is 2.22. The first-order chi connectivity index (χ1) is 10.1. The van der Waals surface area contributed by atoms with Gasteiger partial charge in [0.2, 0.25) is 0 Å². The second-order valence-corrected chi connectivity index (χ2v) is 4.96. The number of nitrogens with one attached hydrogen (secondary N) is 1. The normalized spacial score (nSPS) is 17.4. The van der Waals surface area contributed by atoms with Crippen LogP contribution in [0.15, 0.2) is 23.1 Å². The third-order valence-corrected chi connectivity index (χ3v) is 3.16. The molecule has 118 valence electrons. The lowest BCUT2D eigenvalue weighted by atomic mass is 10.0. The standard InChI is InChI=1S/C16H25NO4/c1-4-7-9-12-11-14(18)15(16(19)21-12)13(10-8-5-2)17-20-6-3/h11,17H,4-10H2,1-3H3. The van der Waals surface area contributed by atoms with Crippen molar-refractivity contribution in [3.8, 4) is 0 Å². The van der Waals surface area contributed by atoms with E-state index in [0.29, 0.717) is 30.9 Å². The van der Waals surface area contributed by atoms with Crippen LogP contribution in [0.1, 0.15) is 59.3 Å². The van der Waals surface area contributed by atoms with Gasteiger partial charge in [-0.25, -0.2) is 4.79 Å². The molecule has 1 heterocycles. The van der Waals surface area contributed by atoms with Crippen molar-refractivity contribution in [3.63, 3.8) is 0 Å². The minimum atomic E-state index is -0.577. The SMILES string of the molecule is CCCCC1=CC(=O)C(=C(CCCC)NOCC)C(=O)O1. The lowest BCUT2D eigenvalue weighted by Crippen LogP contribution is -2.27. The number of carbonyl (C=O) groups excluding carboxylic acids is 2. The lowest BCUT2D eigenvalue weighted by Gasteiger charge is -2.19. The molecule has 1 aliphatic heterocycles. The van der Waals surface area contributed by atoms with Crippen LogP contribution in [0.2, 0.25) is 0 Å². The highest BCUT2D eigenvalue weighted by molar-refractivity contribution is 6.24. The molecule has 0 bridgehead atoms. The third-order valence-electron chi connectivity index (χ3n) is 3.16. The van der Waals surface area contributed by atoms with Crippen molar-refractivity contribution in [1.29, 1.82) is 0 Å². The van der Waals surface area contributed by atoms with Gasteiger partial charge in [0.05, 0.1) is 12.3 Å². The number of ether oxygens (including phenoxy) is 1. The van der Waals surface area contributed by atoms with Gasteiger partial charge in [-0.15, -0.1) is 0 Å². The number of esters is 1. The van der Waals surface area contributed by atoms with Crippen LogP contribution in [0.5, 0.6) is 0 Å². The van der Waals surface area contributed by atoms with Gasteiger partial charge >= 0.3 is 5.97 Å². The number of hydrogen-bond donors (Lipinski definition) is 1. The van der Waals surface area contributed by atoms with Crippen molar-refractivity contribution < 1.29 is 19.2 Å². The summed E-state index contributed by atoms with van der Waals surface area (Å²) in [4.78, 5) is 29.5. The molecule has 0 aromatic rings. The van der Waals surface area contributed by atoms with Crippen molar-refractivity contribution in [2.24, 2.45) is 0 Å². The van der Waals surface area contributed by atoms with Gasteiger partial charge in [-0.1, -0.05) is 26.7 Å². The maximum Gasteiger partial charge on any atom is 0.349 e. The number of ketones is 1. The molecule has 1 aliphatic rings. The Kier molecular flexibility index (Phi) is 7.75. The molecule has 0 aromatic carbocycles. The maximum absolute atomic E-state index is 12.2. The van der Waals surface area contributed by atoms with E-state index in [9.17, 15) is 9.59 Å². The van der Waals surface area contributed by atoms with Crippen molar-refractivity contribution in [1.82, 2.24) is 5.48 Å². The van der Waals surface area contributed by atoms with Crippen LogP contribution in [0, 0.1) is 0 Å². The van der Waals surface area contributed by atoms with Crippen molar-refractivity contribution in [2.45, 2.75) is 59.3 Å². The monoisotopic (exact) mass is 295 g/mol. The van der Waals surface area contributed by atoms with Crippen LogP contribution in [0.3, 0.4) is 0 Å². The Morgan fingerprint density at radius 3 is 2.48 bits per heavy atom. The van der Waals surface area contributed by atoms with E-state index in [2.05, 4.69) is 5.48 Å². The zero-order chi connectivity index (χ0) is 15.7. The number of hydrogen-bond acceptors (Lipinski definition) is 5. The summed E-state index contributed by atoms with van der Waals surface area (Å²) < 4.78 is 5.26. The number of rotatable bonds is 9. The van der Waals surface area contributed by atoms with E-state index in [-0.39, 0.29) is 11.4 Å². The van der Waals surface area contributed by atoms with Gasteiger partial charge in [-0.05, 0) is 26.2 Å². The molecule has 0 atom stereocenters. The molecule has 0 aromatic heterocycles. The molecular formula is C16H25NO4. The van der Waals surface area contributed by atoms with Gasteiger partial charge in [-0.2, -0.15) is 0 Å². The van der Waals surface area contributed by atoms with Crippen LogP contribution in [-0.4, -0.2) is 18.4 Å². The van der Waals surface area contributed by atoms with Crippen LogP contribution in [0.25, 0.3) is 0 Å². The van der Waals surface area contributed by atoms with Crippen LogP contribution >= 0.6 is 0 Å². The number of unbranched alkanes of at least 4 members (excludes halogenated alkanes) is 2. The molecular weight excluding hydrogens is 270 g/mol. The summed E-state index contributed by atoms with van der Waals surface area (Å²) >= 11 is 0. The summed E-state index contributed by atoms with van der Waals surface area (Å²) in [7, 11) is 0. The van der Waals surface area contributed by atoms with Crippen LogP contribution < -0.4 is 5.48 Å². The fourth-order valence-corrected chi connectivity index (χ4v) is 2.00. The minimum absolute atomic E-state index is 0.0668. The van der Waals surface area contributed by atoms with E-state index in [4.69, 9.17) is 9.57 Å². The minimum Gasteiger partial charge on any atom is -0.427 e. The molecule has 1 rings (SSSR count). The van der Waals surface area contributed by atoms with E-state index in [1.54, 1.807) is 0 Å². The Bertz CT molecular complexity index is 428. The van der Waals surface area contributed by atoms with Crippen LogP contribution in [-0.2, 0) is 19.2 Å². The first-order valence-electron chi connectivity index (χ1n) is 7.72. The summed E-state index contributed by atoms with van der Waals surface area (Å²) in [5.41, 5.74) is 3.30. The van der Waals surface area contributed by atoms with Gasteiger partial charge in [0.25, 0.3) is 0 Å². The average molecular weight is 295 g/mol. The molecule has 0 saturated heterocycles. The van der Waals surface area contributed by atoms with E-state index in [1.165, 1.54) is 6.08 Å². The summed E-state index contributed by atoms with van der Waals surface area (Å²) in [6, 6.07) is 0. The summed E-state index contributed by atoms with van der Waals surface area (Å²) in [5, 5.41) is 0. The van der Waals surface area contributed by atoms with Crippen molar-refractivity contribution in [3.05, 3.63) is 23.1 Å². The van der Waals surface area contributed by atoms with Crippen molar-refractivity contribution in [2.75, 3.05) is 6.61 Å². The highest BCUT2D eigenvalue weighted by atomic mass is 16.6. The average Bonchev–Trinajstić information content (AvgIpc) is 2.46. The Morgan fingerprint density at radius 1 is 1.19 bits per heavy atom. The van der Waals surface area contributed by atoms with E-state index in [0.717, 1.165) is 25.7 Å². The van der Waals surface area contributed by atoms with E-state index in [1.807, 2.05) is 20.8 Å². The topological polar surface area (TPSA) is 64.6 Å². The van der Waals surface area contributed by atoms with Crippen molar-refractivity contribution >= 4 is 11.8 Å². The quantitative estimate of drug-likeness (QED) is 0.306. The first-order valence-corrected chi connectivity index (χ1v) is 7.72.